The molecule has 3 N–H and O–H groups in total. The van der Waals surface area contributed by atoms with Crippen LogP contribution in [0.25, 0.3) is 0 Å². The van der Waals surface area contributed by atoms with E-state index in [1.165, 1.54) is 0 Å². The molecule has 0 saturated heterocycles. The molecule has 1 heterocycles. The molecule has 1 aromatic rings. The van der Waals surface area contributed by atoms with Crippen LogP contribution >= 0.6 is 0 Å². The Morgan fingerprint density at radius 3 is 3.08 bits per heavy atom. The van der Waals surface area contributed by atoms with Gasteiger partial charge in [-0.05, 0) is 12.5 Å². The highest BCUT2D eigenvalue weighted by atomic mass is 15.3. The van der Waals surface area contributed by atoms with Gasteiger partial charge in [-0.3, -0.25) is 16.0 Å². The molecule has 0 saturated carbocycles. The lowest BCUT2D eigenvalue weighted by Gasteiger charge is -2.13. The second-order valence-corrected chi connectivity index (χ2v) is 2.62. The number of nitrogens with two attached hydrogens (primary N) is 1. The van der Waals surface area contributed by atoms with Gasteiger partial charge in [-0.1, -0.05) is 6.08 Å². The first-order valence-electron chi connectivity index (χ1n) is 3.84. The van der Waals surface area contributed by atoms with Crippen LogP contribution in [0, 0.1) is 0 Å². The SMILES string of the molecule is C=CCC(NN)c1ccnn1C. The molecule has 4 nitrogen and oxygen atoms in total. The summed E-state index contributed by atoms with van der Waals surface area (Å²) in [5.74, 6) is 5.38. The first kappa shape index (κ1) is 8.96. The molecule has 1 unspecified atom stereocenters. The van der Waals surface area contributed by atoms with Gasteiger partial charge in [0.05, 0.1) is 11.7 Å². The molecule has 0 amide bonds. The maximum Gasteiger partial charge on any atom is 0.0663 e. The molecule has 0 aromatic carbocycles. The van der Waals surface area contributed by atoms with Crippen molar-refractivity contribution < 1.29 is 0 Å². The van der Waals surface area contributed by atoms with Crippen LogP contribution < -0.4 is 11.3 Å². The molecule has 0 radical (unpaired) electrons. The van der Waals surface area contributed by atoms with Crippen molar-refractivity contribution in [3.63, 3.8) is 0 Å². The molecule has 0 aliphatic carbocycles. The topological polar surface area (TPSA) is 55.9 Å². The lowest BCUT2D eigenvalue weighted by molar-refractivity contribution is 0.516. The number of hydrogen-bond acceptors (Lipinski definition) is 3. The fourth-order valence-corrected chi connectivity index (χ4v) is 1.17. The molecule has 1 rings (SSSR count). The van der Waals surface area contributed by atoms with Gasteiger partial charge in [0.1, 0.15) is 0 Å². The summed E-state index contributed by atoms with van der Waals surface area (Å²) in [7, 11) is 1.89. The van der Waals surface area contributed by atoms with Crippen molar-refractivity contribution in [3.8, 4) is 0 Å². The van der Waals surface area contributed by atoms with E-state index in [2.05, 4.69) is 17.1 Å². The van der Waals surface area contributed by atoms with E-state index >= 15 is 0 Å². The quantitative estimate of drug-likeness (QED) is 0.389. The normalized spacial score (nSPS) is 12.8. The van der Waals surface area contributed by atoms with E-state index in [4.69, 9.17) is 5.84 Å². The summed E-state index contributed by atoms with van der Waals surface area (Å²) in [5, 5.41) is 4.05. The monoisotopic (exact) mass is 166 g/mol. The van der Waals surface area contributed by atoms with Gasteiger partial charge in [-0.2, -0.15) is 5.10 Å². The van der Waals surface area contributed by atoms with Crippen LogP contribution in [0.5, 0.6) is 0 Å². The Bertz CT molecular complexity index is 253. The third-order valence-electron chi connectivity index (χ3n) is 1.82. The standard InChI is InChI=1S/C8H14N4/c1-3-4-7(11-9)8-5-6-10-12(8)2/h3,5-7,11H,1,4,9H2,2H3. The second-order valence-electron chi connectivity index (χ2n) is 2.62. The highest BCUT2D eigenvalue weighted by Crippen LogP contribution is 2.14. The fraction of sp³-hybridized carbons (Fsp3) is 0.375. The Morgan fingerprint density at radius 1 is 1.92 bits per heavy atom. The van der Waals surface area contributed by atoms with Gasteiger partial charge in [-0.15, -0.1) is 6.58 Å². The Labute approximate surface area is 72.0 Å². The van der Waals surface area contributed by atoms with E-state index in [-0.39, 0.29) is 6.04 Å². The summed E-state index contributed by atoms with van der Waals surface area (Å²) in [6, 6.07) is 2.04. The Hall–Kier alpha value is -1.13. The van der Waals surface area contributed by atoms with Crippen LogP contribution in [0.2, 0.25) is 0 Å². The fourth-order valence-electron chi connectivity index (χ4n) is 1.17. The zero-order valence-corrected chi connectivity index (χ0v) is 7.20. The zero-order valence-electron chi connectivity index (χ0n) is 7.20. The number of aromatic nitrogens is 2. The van der Waals surface area contributed by atoms with Crippen molar-refractivity contribution in [2.45, 2.75) is 12.5 Å². The number of aryl methyl sites for hydroxylation is 1. The summed E-state index contributed by atoms with van der Waals surface area (Å²) in [4.78, 5) is 0. The summed E-state index contributed by atoms with van der Waals surface area (Å²) in [5.41, 5.74) is 3.78. The summed E-state index contributed by atoms with van der Waals surface area (Å²) in [6.07, 6.45) is 4.39. The molecule has 4 heteroatoms. The van der Waals surface area contributed by atoms with E-state index in [1.54, 1.807) is 10.9 Å². The summed E-state index contributed by atoms with van der Waals surface area (Å²) in [6.45, 7) is 3.66. The third kappa shape index (κ3) is 1.72. The number of hydrogen-bond donors (Lipinski definition) is 2. The van der Waals surface area contributed by atoms with Crippen molar-refractivity contribution in [1.29, 1.82) is 0 Å². The predicted octanol–water partition coefficient (Wildman–Crippen LogP) is 0.501. The van der Waals surface area contributed by atoms with Crippen LogP contribution in [0.4, 0.5) is 0 Å². The van der Waals surface area contributed by atoms with Gasteiger partial charge < -0.3 is 0 Å². The number of hydrazine groups is 1. The highest BCUT2D eigenvalue weighted by Gasteiger charge is 2.10. The molecule has 0 aliphatic rings. The second kappa shape index (κ2) is 4.04. The molecular weight excluding hydrogens is 152 g/mol. The van der Waals surface area contributed by atoms with E-state index < -0.39 is 0 Å². The van der Waals surface area contributed by atoms with E-state index in [9.17, 15) is 0 Å². The molecule has 0 bridgehead atoms. The Morgan fingerprint density at radius 2 is 2.67 bits per heavy atom. The van der Waals surface area contributed by atoms with Gasteiger partial charge in [0.15, 0.2) is 0 Å². The minimum atomic E-state index is 0.106. The molecular formula is C8H14N4. The molecule has 1 aromatic heterocycles. The molecule has 0 fully saturated rings. The average Bonchev–Trinajstić information content (AvgIpc) is 2.47. The zero-order chi connectivity index (χ0) is 8.97. The van der Waals surface area contributed by atoms with Crippen molar-refractivity contribution >= 4 is 0 Å². The van der Waals surface area contributed by atoms with Crippen molar-refractivity contribution in [3.05, 3.63) is 30.6 Å². The highest BCUT2D eigenvalue weighted by molar-refractivity contribution is 5.07. The van der Waals surface area contributed by atoms with Crippen LogP contribution in [0.3, 0.4) is 0 Å². The number of rotatable bonds is 4. The van der Waals surface area contributed by atoms with E-state index in [0.29, 0.717) is 0 Å². The largest absolute Gasteiger partial charge is 0.271 e. The molecule has 0 aliphatic heterocycles. The van der Waals surface area contributed by atoms with Crippen molar-refractivity contribution in [2.24, 2.45) is 12.9 Å². The maximum absolute atomic E-state index is 5.38. The Balaban J connectivity index is 2.78. The molecule has 12 heavy (non-hydrogen) atoms. The first-order chi connectivity index (χ1) is 5.79. The van der Waals surface area contributed by atoms with Gasteiger partial charge in [0.25, 0.3) is 0 Å². The molecule has 1 atom stereocenters. The van der Waals surface area contributed by atoms with Gasteiger partial charge in [0.2, 0.25) is 0 Å². The number of nitrogens with zero attached hydrogens (tertiary/aromatic N) is 2. The van der Waals surface area contributed by atoms with Crippen LogP contribution in [0.15, 0.2) is 24.9 Å². The van der Waals surface area contributed by atoms with Crippen LogP contribution in [0.1, 0.15) is 18.2 Å². The van der Waals surface area contributed by atoms with Crippen LogP contribution in [-0.2, 0) is 7.05 Å². The maximum atomic E-state index is 5.38. The average molecular weight is 166 g/mol. The lowest BCUT2D eigenvalue weighted by atomic mass is 10.1. The Kier molecular flexibility index (Phi) is 3.01. The van der Waals surface area contributed by atoms with Gasteiger partial charge in [-0.25, -0.2) is 0 Å². The minimum absolute atomic E-state index is 0.106. The molecule has 0 spiro atoms. The minimum Gasteiger partial charge on any atom is -0.271 e. The van der Waals surface area contributed by atoms with Gasteiger partial charge >= 0.3 is 0 Å². The van der Waals surface area contributed by atoms with Crippen LogP contribution in [-0.4, -0.2) is 9.78 Å². The third-order valence-corrected chi connectivity index (χ3v) is 1.82. The number of nitrogens with one attached hydrogen (secondary N) is 1. The first-order valence-corrected chi connectivity index (χ1v) is 3.84. The van der Waals surface area contributed by atoms with Crippen molar-refractivity contribution in [2.75, 3.05) is 0 Å². The summed E-state index contributed by atoms with van der Waals surface area (Å²) < 4.78 is 1.80. The molecule has 66 valence electrons. The lowest BCUT2D eigenvalue weighted by Crippen LogP contribution is -2.29. The van der Waals surface area contributed by atoms with E-state index in [0.717, 1.165) is 12.1 Å². The smallest absolute Gasteiger partial charge is 0.0663 e. The van der Waals surface area contributed by atoms with E-state index in [1.807, 2.05) is 19.2 Å². The van der Waals surface area contributed by atoms with Crippen molar-refractivity contribution in [1.82, 2.24) is 15.2 Å². The predicted molar refractivity (Wildman–Crippen MR) is 48.1 cm³/mol. The summed E-state index contributed by atoms with van der Waals surface area (Å²) >= 11 is 0. The van der Waals surface area contributed by atoms with Gasteiger partial charge in [0, 0.05) is 13.2 Å².